The molecule has 1 heterocycles. The van der Waals surface area contributed by atoms with Crippen LogP contribution in [0.4, 0.5) is 0 Å². The van der Waals surface area contributed by atoms with Crippen LogP contribution in [-0.4, -0.2) is 42.5 Å². The van der Waals surface area contributed by atoms with Gasteiger partial charge in [-0.3, -0.25) is 9.69 Å². The predicted octanol–water partition coefficient (Wildman–Crippen LogP) is -0.0659. The van der Waals surface area contributed by atoms with Gasteiger partial charge in [0.2, 0.25) is 5.91 Å². The summed E-state index contributed by atoms with van der Waals surface area (Å²) in [5, 5.41) is 2.88. The molecule has 82 valence electrons. The van der Waals surface area contributed by atoms with Crippen LogP contribution in [0.25, 0.3) is 0 Å². The fourth-order valence-electron chi connectivity index (χ4n) is 1.92. The standard InChI is InChI=1S/C10H21N3O/c1-3-13-6-4-5-9(13)7-12-10(14)8(2)11/h8-9H,3-7,11H2,1-2H3,(H,12,14)/t8-,9?/m0/s1. The highest BCUT2D eigenvalue weighted by Crippen LogP contribution is 2.15. The van der Waals surface area contributed by atoms with Gasteiger partial charge in [0.15, 0.2) is 0 Å². The van der Waals surface area contributed by atoms with Crippen LogP contribution >= 0.6 is 0 Å². The highest BCUT2D eigenvalue weighted by molar-refractivity contribution is 5.80. The lowest BCUT2D eigenvalue weighted by Gasteiger charge is -2.23. The van der Waals surface area contributed by atoms with Crippen LogP contribution in [0.2, 0.25) is 0 Å². The van der Waals surface area contributed by atoms with E-state index in [2.05, 4.69) is 17.1 Å². The second-order valence-electron chi connectivity index (χ2n) is 3.96. The molecule has 0 aromatic carbocycles. The zero-order valence-electron chi connectivity index (χ0n) is 9.12. The Hall–Kier alpha value is -0.610. The molecule has 0 bridgehead atoms. The van der Waals surface area contributed by atoms with Gasteiger partial charge >= 0.3 is 0 Å². The van der Waals surface area contributed by atoms with E-state index in [0.717, 1.165) is 19.6 Å². The van der Waals surface area contributed by atoms with Gasteiger partial charge < -0.3 is 11.1 Å². The molecule has 0 saturated carbocycles. The molecule has 4 heteroatoms. The molecule has 1 aliphatic rings. The fourth-order valence-corrected chi connectivity index (χ4v) is 1.92. The zero-order chi connectivity index (χ0) is 10.6. The quantitative estimate of drug-likeness (QED) is 0.666. The van der Waals surface area contributed by atoms with Crippen molar-refractivity contribution in [2.75, 3.05) is 19.6 Å². The molecule has 0 radical (unpaired) electrons. The lowest BCUT2D eigenvalue weighted by molar-refractivity contribution is -0.122. The fraction of sp³-hybridized carbons (Fsp3) is 0.900. The summed E-state index contributed by atoms with van der Waals surface area (Å²) >= 11 is 0. The van der Waals surface area contributed by atoms with E-state index in [1.807, 2.05) is 0 Å². The summed E-state index contributed by atoms with van der Waals surface area (Å²) in [6.07, 6.45) is 2.43. The minimum atomic E-state index is -0.397. The average molecular weight is 199 g/mol. The van der Waals surface area contributed by atoms with E-state index in [1.54, 1.807) is 6.92 Å². The largest absolute Gasteiger partial charge is 0.353 e. The van der Waals surface area contributed by atoms with Gasteiger partial charge in [0, 0.05) is 12.6 Å². The summed E-state index contributed by atoms with van der Waals surface area (Å²) in [4.78, 5) is 13.6. The monoisotopic (exact) mass is 199 g/mol. The first kappa shape index (κ1) is 11.5. The van der Waals surface area contributed by atoms with Gasteiger partial charge in [-0.1, -0.05) is 6.92 Å². The maximum Gasteiger partial charge on any atom is 0.236 e. The van der Waals surface area contributed by atoms with Gasteiger partial charge in [0.1, 0.15) is 0 Å². The van der Waals surface area contributed by atoms with Crippen LogP contribution in [0, 0.1) is 0 Å². The SMILES string of the molecule is CCN1CCCC1CNC(=O)[C@H](C)N. The molecule has 1 amide bonds. The Morgan fingerprint density at radius 2 is 2.43 bits per heavy atom. The third-order valence-corrected chi connectivity index (χ3v) is 2.83. The van der Waals surface area contributed by atoms with E-state index in [-0.39, 0.29) is 5.91 Å². The van der Waals surface area contributed by atoms with Crippen molar-refractivity contribution in [3.05, 3.63) is 0 Å². The molecule has 2 atom stereocenters. The number of hydrogen-bond donors (Lipinski definition) is 2. The van der Waals surface area contributed by atoms with Gasteiger partial charge in [0.25, 0.3) is 0 Å². The van der Waals surface area contributed by atoms with Crippen molar-refractivity contribution in [1.29, 1.82) is 0 Å². The van der Waals surface area contributed by atoms with Crippen molar-refractivity contribution in [1.82, 2.24) is 10.2 Å². The van der Waals surface area contributed by atoms with E-state index >= 15 is 0 Å². The van der Waals surface area contributed by atoms with Gasteiger partial charge in [-0.25, -0.2) is 0 Å². The number of rotatable bonds is 4. The topological polar surface area (TPSA) is 58.4 Å². The highest BCUT2D eigenvalue weighted by atomic mass is 16.2. The number of likely N-dealkylation sites (tertiary alicyclic amines) is 1. The number of nitrogens with zero attached hydrogens (tertiary/aromatic N) is 1. The second kappa shape index (κ2) is 5.32. The van der Waals surface area contributed by atoms with Crippen molar-refractivity contribution in [3.63, 3.8) is 0 Å². The van der Waals surface area contributed by atoms with Crippen LogP contribution in [0.3, 0.4) is 0 Å². The van der Waals surface area contributed by atoms with Crippen molar-refractivity contribution in [2.45, 2.75) is 38.8 Å². The van der Waals surface area contributed by atoms with Crippen molar-refractivity contribution < 1.29 is 4.79 Å². The molecular formula is C10H21N3O. The number of carbonyl (C=O) groups excluding carboxylic acids is 1. The number of carbonyl (C=O) groups is 1. The van der Waals surface area contributed by atoms with Crippen molar-refractivity contribution in [2.24, 2.45) is 5.73 Å². The minimum absolute atomic E-state index is 0.0482. The van der Waals surface area contributed by atoms with E-state index < -0.39 is 6.04 Å². The number of nitrogens with two attached hydrogens (primary N) is 1. The number of hydrogen-bond acceptors (Lipinski definition) is 3. The smallest absolute Gasteiger partial charge is 0.236 e. The maximum atomic E-state index is 11.2. The third kappa shape index (κ3) is 2.96. The molecule has 4 nitrogen and oxygen atoms in total. The lowest BCUT2D eigenvalue weighted by atomic mass is 10.2. The molecule has 3 N–H and O–H groups in total. The molecule has 0 aromatic rings. The zero-order valence-corrected chi connectivity index (χ0v) is 9.12. The number of nitrogens with one attached hydrogen (secondary N) is 1. The Kier molecular flexibility index (Phi) is 4.35. The summed E-state index contributed by atoms with van der Waals surface area (Å²) < 4.78 is 0. The Bertz CT molecular complexity index is 194. The molecule has 1 saturated heterocycles. The Balaban J connectivity index is 2.27. The lowest BCUT2D eigenvalue weighted by Crippen LogP contribution is -2.45. The molecular weight excluding hydrogens is 178 g/mol. The Morgan fingerprint density at radius 3 is 3.00 bits per heavy atom. The second-order valence-corrected chi connectivity index (χ2v) is 3.96. The van der Waals surface area contributed by atoms with Gasteiger partial charge in [-0.2, -0.15) is 0 Å². The predicted molar refractivity (Wildman–Crippen MR) is 56.9 cm³/mol. The van der Waals surface area contributed by atoms with E-state index in [1.165, 1.54) is 12.8 Å². The first-order valence-corrected chi connectivity index (χ1v) is 5.42. The maximum absolute atomic E-state index is 11.2. The van der Waals surface area contributed by atoms with Crippen LogP contribution < -0.4 is 11.1 Å². The van der Waals surface area contributed by atoms with Gasteiger partial charge in [0.05, 0.1) is 6.04 Å². The van der Waals surface area contributed by atoms with E-state index in [9.17, 15) is 4.79 Å². The van der Waals surface area contributed by atoms with Crippen LogP contribution in [0.15, 0.2) is 0 Å². The Morgan fingerprint density at radius 1 is 1.71 bits per heavy atom. The van der Waals surface area contributed by atoms with Crippen LogP contribution in [0.1, 0.15) is 26.7 Å². The minimum Gasteiger partial charge on any atom is -0.353 e. The van der Waals surface area contributed by atoms with Crippen molar-refractivity contribution >= 4 is 5.91 Å². The summed E-state index contributed by atoms with van der Waals surface area (Å²) in [5.74, 6) is -0.0482. The molecule has 0 spiro atoms. The molecule has 1 rings (SSSR count). The van der Waals surface area contributed by atoms with Gasteiger partial charge in [-0.05, 0) is 32.9 Å². The molecule has 1 unspecified atom stereocenters. The average Bonchev–Trinajstić information content (AvgIpc) is 2.60. The highest BCUT2D eigenvalue weighted by Gasteiger charge is 2.23. The third-order valence-electron chi connectivity index (χ3n) is 2.83. The number of likely N-dealkylation sites (N-methyl/N-ethyl adjacent to an activating group) is 1. The summed E-state index contributed by atoms with van der Waals surface area (Å²) in [5.41, 5.74) is 5.46. The van der Waals surface area contributed by atoms with E-state index in [0.29, 0.717) is 6.04 Å². The van der Waals surface area contributed by atoms with Crippen molar-refractivity contribution in [3.8, 4) is 0 Å². The normalized spacial score (nSPS) is 24.9. The van der Waals surface area contributed by atoms with Gasteiger partial charge in [-0.15, -0.1) is 0 Å². The summed E-state index contributed by atoms with van der Waals surface area (Å²) in [6.45, 7) is 6.84. The molecule has 0 aromatic heterocycles. The molecule has 0 aliphatic carbocycles. The number of amides is 1. The molecule has 1 aliphatic heterocycles. The molecule has 14 heavy (non-hydrogen) atoms. The van der Waals surface area contributed by atoms with Crippen LogP contribution in [0.5, 0.6) is 0 Å². The first-order chi connectivity index (χ1) is 6.65. The molecule has 1 fully saturated rings. The summed E-state index contributed by atoms with van der Waals surface area (Å²) in [6, 6.07) is 0.120. The Labute approximate surface area is 85.8 Å². The van der Waals surface area contributed by atoms with Crippen LogP contribution in [-0.2, 0) is 4.79 Å². The van der Waals surface area contributed by atoms with E-state index in [4.69, 9.17) is 5.73 Å². The first-order valence-electron chi connectivity index (χ1n) is 5.42. The summed E-state index contributed by atoms with van der Waals surface area (Å²) in [7, 11) is 0.